The summed E-state index contributed by atoms with van der Waals surface area (Å²) in [5.41, 5.74) is 8.70. The van der Waals surface area contributed by atoms with Crippen LogP contribution in [0.4, 0.5) is 18.9 Å². The van der Waals surface area contributed by atoms with Gasteiger partial charge in [-0.1, -0.05) is 12.1 Å². The van der Waals surface area contributed by atoms with E-state index in [0.717, 1.165) is 6.07 Å². The second-order valence-electron chi connectivity index (χ2n) is 4.47. The van der Waals surface area contributed by atoms with Crippen LogP contribution in [-0.4, -0.2) is 0 Å². The van der Waals surface area contributed by atoms with Gasteiger partial charge in [-0.05, 0) is 30.7 Å². The van der Waals surface area contributed by atoms with Crippen LogP contribution in [0, 0.1) is 24.4 Å². The maximum atomic E-state index is 14.0. The number of hydrogen-bond donors (Lipinski definition) is 3. The highest BCUT2D eigenvalue weighted by Crippen LogP contribution is 2.30. The van der Waals surface area contributed by atoms with Crippen LogP contribution in [0.5, 0.6) is 0 Å². The number of nitrogens with two attached hydrogens (primary N) is 2. The van der Waals surface area contributed by atoms with E-state index in [4.69, 9.17) is 11.6 Å². The third kappa shape index (κ3) is 2.48. The SMILES string of the molecule is Cc1ccc(C(NN)c2cc(F)ccc2N)c(F)c1F. The number of rotatable bonds is 3. The molecule has 0 aliphatic carbocycles. The first-order valence-electron chi connectivity index (χ1n) is 5.91. The van der Waals surface area contributed by atoms with Gasteiger partial charge in [0.25, 0.3) is 0 Å². The number of nitrogens with one attached hydrogen (secondary N) is 1. The molecule has 6 heteroatoms. The Morgan fingerprint density at radius 3 is 2.35 bits per heavy atom. The molecule has 0 aromatic heterocycles. The zero-order chi connectivity index (χ0) is 14.9. The molecule has 0 saturated heterocycles. The topological polar surface area (TPSA) is 64.1 Å². The Morgan fingerprint density at radius 1 is 1.00 bits per heavy atom. The van der Waals surface area contributed by atoms with E-state index in [1.807, 2.05) is 0 Å². The molecule has 2 aromatic rings. The molecule has 1 unspecified atom stereocenters. The molecule has 0 saturated carbocycles. The van der Waals surface area contributed by atoms with E-state index in [1.54, 1.807) is 0 Å². The molecular weight excluding hydrogens is 267 g/mol. The normalized spacial score (nSPS) is 12.4. The number of benzene rings is 2. The molecule has 2 aromatic carbocycles. The summed E-state index contributed by atoms with van der Waals surface area (Å²) >= 11 is 0. The van der Waals surface area contributed by atoms with Gasteiger partial charge in [0.2, 0.25) is 0 Å². The Hall–Kier alpha value is -2.05. The molecule has 3 nitrogen and oxygen atoms in total. The van der Waals surface area contributed by atoms with Crippen LogP contribution >= 0.6 is 0 Å². The van der Waals surface area contributed by atoms with Gasteiger partial charge in [0.1, 0.15) is 5.82 Å². The Kier molecular flexibility index (Phi) is 3.96. The number of anilines is 1. The molecule has 1 atom stereocenters. The molecule has 106 valence electrons. The molecule has 0 spiro atoms. The number of nitrogen functional groups attached to an aromatic ring is 1. The van der Waals surface area contributed by atoms with Gasteiger partial charge in [-0.25, -0.2) is 18.6 Å². The molecule has 0 aliphatic heterocycles. The maximum absolute atomic E-state index is 14.0. The average molecular weight is 281 g/mol. The number of halogens is 3. The van der Waals surface area contributed by atoms with Crippen molar-refractivity contribution in [1.29, 1.82) is 0 Å². The van der Waals surface area contributed by atoms with E-state index in [-0.39, 0.29) is 22.4 Å². The molecule has 20 heavy (non-hydrogen) atoms. The highest BCUT2D eigenvalue weighted by Gasteiger charge is 2.22. The van der Waals surface area contributed by atoms with Crippen LogP contribution in [0.2, 0.25) is 0 Å². The van der Waals surface area contributed by atoms with E-state index >= 15 is 0 Å². The first kappa shape index (κ1) is 14.4. The van der Waals surface area contributed by atoms with Gasteiger partial charge in [-0.3, -0.25) is 5.84 Å². The average Bonchev–Trinajstić information content (AvgIpc) is 2.43. The summed E-state index contributed by atoms with van der Waals surface area (Å²) in [7, 11) is 0. The molecule has 0 heterocycles. The van der Waals surface area contributed by atoms with Gasteiger partial charge in [0.15, 0.2) is 11.6 Å². The fraction of sp³-hybridized carbons (Fsp3) is 0.143. The molecule has 2 rings (SSSR count). The summed E-state index contributed by atoms with van der Waals surface area (Å²) in [5.74, 6) is 2.86. The fourth-order valence-electron chi connectivity index (χ4n) is 2.03. The predicted octanol–water partition coefficient (Wildman–Crippen LogP) is 2.55. The minimum Gasteiger partial charge on any atom is -0.398 e. The lowest BCUT2D eigenvalue weighted by Crippen LogP contribution is -2.30. The third-order valence-electron chi connectivity index (χ3n) is 3.14. The minimum atomic E-state index is -1.03. The van der Waals surface area contributed by atoms with Crippen LogP contribution in [0.3, 0.4) is 0 Å². The summed E-state index contributed by atoms with van der Waals surface area (Å²) < 4.78 is 41.0. The van der Waals surface area contributed by atoms with Crippen LogP contribution in [0.1, 0.15) is 22.7 Å². The Bertz CT molecular complexity index is 644. The van der Waals surface area contributed by atoms with E-state index in [9.17, 15) is 13.2 Å². The molecule has 0 radical (unpaired) electrons. The van der Waals surface area contributed by atoms with Gasteiger partial charge in [0.05, 0.1) is 6.04 Å². The van der Waals surface area contributed by atoms with Crippen molar-refractivity contribution in [2.75, 3.05) is 5.73 Å². The molecule has 0 aliphatic rings. The standard InChI is InChI=1S/C14H14F3N3/c1-7-2-4-9(13(17)12(7)16)14(20-19)10-6-8(15)3-5-11(10)18/h2-6,14,20H,18-19H2,1H3. The lowest BCUT2D eigenvalue weighted by molar-refractivity contribution is 0.478. The third-order valence-corrected chi connectivity index (χ3v) is 3.14. The van der Waals surface area contributed by atoms with E-state index < -0.39 is 23.5 Å². The molecule has 5 N–H and O–H groups in total. The van der Waals surface area contributed by atoms with Gasteiger partial charge in [-0.15, -0.1) is 0 Å². The van der Waals surface area contributed by atoms with Crippen molar-refractivity contribution in [1.82, 2.24) is 5.43 Å². The van der Waals surface area contributed by atoms with Crippen LogP contribution in [0.25, 0.3) is 0 Å². The molecule has 0 fully saturated rings. The van der Waals surface area contributed by atoms with E-state index in [2.05, 4.69) is 5.43 Å². The highest BCUT2D eigenvalue weighted by molar-refractivity contribution is 5.52. The van der Waals surface area contributed by atoms with Crippen molar-refractivity contribution in [3.63, 3.8) is 0 Å². The number of hydrazine groups is 1. The van der Waals surface area contributed by atoms with Crippen molar-refractivity contribution >= 4 is 5.69 Å². The van der Waals surface area contributed by atoms with Gasteiger partial charge < -0.3 is 5.73 Å². The van der Waals surface area contributed by atoms with Gasteiger partial charge in [-0.2, -0.15) is 0 Å². The Labute approximate surface area is 114 Å². The second kappa shape index (κ2) is 5.52. The Balaban J connectivity index is 2.58. The Morgan fingerprint density at radius 2 is 1.70 bits per heavy atom. The highest BCUT2D eigenvalue weighted by atomic mass is 19.2. The van der Waals surface area contributed by atoms with Crippen LogP contribution in [-0.2, 0) is 0 Å². The first-order valence-corrected chi connectivity index (χ1v) is 5.91. The summed E-state index contributed by atoms with van der Waals surface area (Å²) in [6, 6.07) is 5.53. The van der Waals surface area contributed by atoms with Crippen molar-refractivity contribution in [3.8, 4) is 0 Å². The smallest absolute Gasteiger partial charge is 0.164 e. The van der Waals surface area contributed by atoms with Crippen molar-refractivity contribution < 1.29 is 13.2 Å². The van der Waals surface area contributed by atoms with Crippen LogP contribution in [0.15, 0.2) is 30.3 Å². The van der Waals surface area contributed by atoms with Gasteiger partial charge >= 0.3 is 0 Å². The van der Waals surface area contributed by atoms with E-state index in [0.29, 0.717) is 0 Å². The molecule has 0 bridgehead atoms. The van der Waals surface area contributed by atoms with Crippen molar-refractivity contribution in [2.24, 2.45) is 5.84 Å². The summed E-state index contributed by atoms with van der Waals surface area (Å²) in [6.45, 7) is 1.45. The maximum Gasteiger partial charge on any atom is 0.164 e. The number of hydrogen-bond acceptors (Lipinski definition) is 3. The van der Waals surface area contributed by atoms with Crippen LogP contribution < -0.4 is 17.0 Å². The zero-order valence-electron chi connectivity index (χ0n) is 10.8. The minimum absolute atomic E-state index is 0.0344. The lowest BCUT2D eigenvalue weighted by Gasteiger charge is -2.20. The monoisotopic (exact) mass is 281 g/mol. The second-order valence-corrected chi connectivity index (χ2v) is 4.47. The van der Waals surface area contributed by atoms with E-state index in [1.165, 1.54) is 31.2 Å². The summed E-state index contributed by atoms with van der Waals surface area (Å²) in [5, 5.41) is 0. The van der Waals surface area contributed by atoms with Crippen molar-refractivity contribution in [2.45, 2.75) is 13.0 Å². The van der Waals surface area contributed by atoms with Crippen molar-refractivity contribution in [3.05, 3.63) is 64.5 Å². The fourth-order valence-corrected chi connectivity index (χ4v) is 2.03. The summed E-state index contributed by atoms with van der Waals surface area (Å²) in [4.78, 5) is 0. The molecular formula is C14H14F3N3. The van der Waals surface area contributed by atoms with Gasteiger partial charge in [0, 0.05) is 16.8 Å². The zero-order valence-corrected chi connectivity index (χ0v) is 10.8. The lowest BCUT2D eigenvalue weighted by atomic mass is 9.96. The summed E-state index contributed by atoms with van der Waals surface area (Å²) in [6.07, 6.45) is 0. The predicted molar refractivity (Wildman–Crippen MR) is 71.1 cm³/mol. The molecule has 0 amide bonds. The quantitative estimate of drug-likeness (QED) is 0.460. The largest absolute Gasteiger partial charge is 0.398 e. The number of aryl methyl sites for hydroxylation is 1. The first-order chi connectivity index (χ1) is 9.45.